The lowest BCUT2D eigenvalue weighted by Crippen LogP contribution is -2.11. The monoisotopic (exact) mass is 407 g/mol. The third kappa shape index (κ3) is 4.55. The molecule has 3 aromatic rings. The molecule has 8 nitrogen and oxygen atoms in total. The highest BCUT2D eigenvalue weighted by Gasteiger charge is 2.11. The molecule has 0 amide bonds. The SMILES string of the molecule is COc1cc(C(=N)N)ccc1-n1cc(-c2ccc(C(=N)N)cc2)nn1.Cl.Cl. The molecule has 0 aliphatic carbocycles. The van der Waals surface area contributed by atoms with Crippen molar-refractivity contribution in [1.82, 2.24) is 15.0 Å². The first-order valence-corrected chi connectivity index (χ1v) is 7.39. The van der Waals surface area contributed by atoms with E-state index < -0.39 is 0 Å². The van der Waals surface area contributed by atoms with Crippen LogP contribution in [0.5, 0.6) is 5.75 Å². The van der Waals surface area contributed by atoms with Crippen molar-refractivity contribution in [3.05, 3.63) is 59.8 Å². The van der Waals surface area contributed by atoms with E-state index in [1.54, 1.807) is 48.3 Å². The minimum absolute atomic E-state index is 0. The predicted octanol–water partition coefficient (Wildman–Crippen LogP) is 2.35. The van der Waals surface area contributed by atoms with Gasteiger partial charge in [-0.05, 0) is 18.2 Å². The Morgan fingerprint density at radius 2 is 1.56 bits per heavy atom. The Morgan fingerprint density at radius 3 is 2.11 bits per heavy atom. The van der Waals surface area contributed by atoms with E-state index >= 15 is 0 Å². The molecule has 0 aliphatic rings. The van der Waals surface area contributed by atoms with Gasteiger partial charge in [0, 0.05) is 16.7 Å². The Morgan fingerprint density at radius 1 is 0.963 bits per heavy atom. The molecule has 1 aromatic heterocycles. The summed E-state index contributed by atoms with van der Waals surface area (Å²) in [5, 5.41) is 23.3. The molecule has 3 rings (SSSR count). The molecule has 0 saturated carbocycles. The molecule has 0 spiro atoms. The topological polar surface area (TPSA) is 140 Å². The van der Waals surface area contributed by atoms with Gasteiger partial charge in [0.25, 0.3) is 0 Å². The van der Waals surface area contributed by atoms with Crippen LogP contribution in [0, 0.1) is 10.8 Å². The van der Waals surface area contributed by atoms with Crippen LogP contribution < -0.4 is 16.2 Å². The number of hydrogen-bond acceptors (Lipinski definition) is 5. The van der Waals surface area contributed by atoms with Crippen LogP contribution in [-0.2, 0) is 0 Å². The van der Waals surface area contributed by atoms with E-state index in [2.05, 4.69) is 10.3 Å². The van der Waals surface area contributed by atoms with Crippen LogP contribution in [0.1, 0.15) is 11.1 Å². The van der Waals surface area contributed by atoms with Gasteiger partial charge in [0.05, 0.1) is 13.3 Å². The highest BCUT2D eigenvalue weighted by molar-refractivity contribution is 5.96. The quantitative estimate of drug-likeness (QED) is 0.379. The first-order chi connectivity index (χ1) is 12.0. The highest BCUT2D eigenvalue weighted by atomic mass is 35.5. The van der Waals surface area contributed by atoms with E-state index in [4.69, 9.17) is 27.0 Å². The standard InChI is InChI=1S/C17H17N7O.2ClH/c1-25-15-8-12(17(20)21)6-7-14(15)24-9-13(22-23-24)10-2-4-11(5-3-10)16(18)19;;/h2-9H,1H3,(H3,18,19)(H3,20,21);2*1H. The molecule has 0 atom stereocenters. The van der Waals surface area contributed by atoms with Crippen molar-refractivity contribution in [3.63, 3.8) is 0 Å². The van der Waals surface area contributed by atoms with Gasteiger partial charge in [-0.2, -0.15) is 0 Å². The van der Waals surface area contributed by atoms with Crippen molar-refractivity contribution in [2.24, 2.45) is 11.5 Å². The van der Waals surface area contributed by atoms with Gasteiger partial charge in [0.1, 0.15) is 28.8 Å². The molecule has 1 heterocycles. The number of nitrogen functional groups attached to an aromatic ring is 2. The summed E-state index contributed by atoms with van der Waals surface area (Å²) in [5.41, 5.74) is 14.4. The fraction of sp³-hybridized carbons (Fsp3) is 0.0588. The summed E-state index contributed by atoms with van der Waals surface area (Å²) >= 11 is 0. The predicted molar refractivity (Wildman–Crippen MR) is 110 cm³/mol. The molecule has 0 fully saturated rings. The summed E-state index contributed by atoms with van der Waals surface area (Å²) in [6.07, 6.45) is 1.77. The summed E-state index contributed by atoms with van der Waals surface area (Å²) in [6, 6.07) is 12.4. The number of methoxy groups -OCH3 is 1. The van der Waals surface area contributed by atoms with Crippen LogP contribution in [0.2, 0.25) is 0 Å². The Hall–Kier alpha value is -3.10. The van der Waals surface area contributed by atoms with Crippen LogP contribution in [0.3, 0.4) is 0 Å². The van der Waals surface area contributed by atoms with Gasteiger partial charge < -0.3 is 16.2 Å². The molecule has 0 saturated heterocycles. The third-order valence-corrected chi connectivity index (χ3v) is 3.72. The summed E-state index contributed by atoms with van der Waals surface area (Å²) in [4.78, 5) is 0. The smallest absolute Gasteiger partial charge is 0.145 e. The van der Waals surface area contributed by atoms with Crippen LogP contribution in [0.4, 0.5) is 0 Å². The van der Waals surface area contributed by atoms with E-state index in [0.717, 1.165) is 5.56 Å². The van der Waals surface area contributed by atoms with E-state index in [1.165, 1.54) is 0 Å². The average molecular weight is 408 g/mol. The summed E-state index contributed by atoms with van der Waals surface area (Å²) in [7, 11) is 1.54. The Labute approximate surface area is 168 Å². The lowest BCUT2D eigenvalue weighted by molar-refractivity contribution is 0.411. The van der Waals surface area contributed by atoms with Crippen molar-refractivity contribution in [1.29, 1.82) is 10.8 Å². The number of nitrogens with one attached hydrogen (secondary N) is 2. The largest absolute Gasteiger partial charge is 0.494 e. The normalized spacial score (nSPS) is 9.67. The zero-order valence-corrected chi connectivity index (χ0v) is 16.0. The number of hydrogen-bond donors (Lipinski definition) is 4. The highest BCUT2D eigenvalue weighted by Crippen LogP contribution is 2.25. The number of halogens is 2. The molecule has 0 aliphatic heterocycles. The number of benzene rings is 2. The van der Waals surface area contributed by atoms with Crippen molar-refractivity contribution in [2.75, 3.05) is 7.11 Å². The second kappa shape index (κ2) is 9.02. The van der Waals surface area contributed by atoms with Crippen LogP contribution in [-0.4, -0.2) is 33.8 Å². The third-order valence-electron chi connectivity index (χ3n) is 3.72. The van der Waals surface area contributed by atoms with Gasteiger partial charge >= 0.3 is 0 Å². The van der Waals surface area contributed by atoms with Crippen molar-refractivity contribution in [3.8, 4) is 22.7 Å². The molecule has 142 valence electrons. The summed E-state index contributed by atoms with van der Waals surface area (Å²) < 4.78 is 6.96. The molecule has 6 N–H and O–H groups in total. The first-order valence-electron chi connectivity index (χ1n) is 7.39. The van der Waals surface area contributed by atoms with Crippen LogP contribution >= 0.6 is 24.8 Å². The second-order valence-corrected chi connectivity index (χ2v) is 5.34. The van der Waals surface area contributed by atoms with Crippen LogP contribution in [0.15, 0.2) is 48.7 Å². The molecule has 0 bridgehead atoms. The maximum atomic E-state index is 7.51. The molecule has 0 radical (unpaired) electrons. The van der Waals surface area contributed by atoms with E-state index in [0.29, 0.717) is 28.3 Å². The first kappa shape index (κ1) is 21.9. The minimum atomic E-state index is -0.0327. The summed E-state index contributed by atoms with van der Waals surface area (Å²) in [6.45, 7) is 0. The maximum absolute atomic E-state index is 7.51. The van der Waals surface area contributed by atoms with Crippen LogP contribution in [0.25, 0.3) is 16.9 Å². The number of nitrogens with two attached hydrogens (primary N) is 2. The van der Waals surface area contributed by atoms with Crippen molar-refractivity contribution in [2.45, 2.75) is 0 Å². The fourth-order valence-corrected chi connectivity index (χ4v) is 2.37. The van der Waals surface area contributed by atoms with Gasteiger partial charge in [-0.15, -0.1) is 29.9 Å². The lowest BCUT2D eigenvalue weighted by atomic mass is 10.1. The number of ether oxygens (including phenoxy) is 1. The van der Waals surface area contributed by atoms with E-state index in [-0.39, 0.29) is 36.5 Å². The van der Waals surface area contributed by atoms with Gasteiger partial charge in [0.15, 0.2) is 0 Å². The molecular weight excluding hydrogens is 389 g/mol. The zero-order chi connectivity index (χ0) is 18.0. The lowest BCUT2D eigenvalue weighted by Gasteiger charge is -2.09. The molecule has 2 aromatic carbocycles. The van der Waals surface area contributed by atoms with Crippen molar-refractivity contribution >= 4 is 36.5 Å². The number of rotatable bonds is 5. The second-order valence-electron chi connectivity index (χ2n) is 5.34. The molecule has 27 heavy (non-hydrogen) atoms. The Bertz CT molecular complexity index is 954. The molecular formula is C17H19Cl2N7O. The van der Waals surface area contributed by atoms with Crippen molar-refractivity contribution < 1.29 is 4.74 Å². The Kier molecular flexibility index (Phi) is 7.33. The maximum Gasteiger partial charge on any atom is 0.145 e. The minimum Gasteiger partial charge on any atom is -0.494 e. The fourth-order valence-electron chi connectivity index (χ4n) is 2.37. The number of aromatic nitrogens is 3. The zero-order valence-electron chi connectivity index (χ0n) is 14.3. The Balaban J connectivity index is 0.00000182. The van der Waals surface area contributed by atoms with E-state index in [1.807, 2.05) is 12.1 Å². The van der Waals surface area contributed by atoms with Gasteiger partial charge in [0.2, 0.25) is 0 Å². The van der Waals surface area contributed by atoms with E-state index in [9.17, 15) is 0 Å². The van der Waals surface area contributed by atoms with Gasteiger partial charge in [-0.25, -0.2) is 4.68 Å². The molecule has 10 heteroatoms. The molecule has 0 unspecified atom stereocenters. The summed E-state index contributed by atoms with van der Waals surface area (Å²) in [5.74, 6) is 0.524. The number of amidine groups is 2. The average Bonchev–Trinajstić information content (AvgIpc) is 3.11. The number of nitrogens with zero attached hydrogens (tertiary/aromatic N) is 3. The van der Waals surface area contributed by atoms with Gasteiger partial charge in [-0.3, -0.25) is 10.8 Å². The van der Waals surface area contributed by atoms with Gasteiger partial charge in [-0.1, -0.05) is 29.5 Å².